The number of carbonyl (C=O) groups excluding carboxylic acids is 1. The molecular formula is C15H21ClN2O3. The van der Waals surface area contributed by atoms with Crippen LogP contribution >= 0.6 is 11.6 Å². The third-order valence-corrected chi connectivity index (χ3v) is 3.56. The molecule has 0 atom stereocenters. The highest BCUT2D eigenvalue weighted by atomic mass is 35.5. The van der Waals surface area contributed by atoms with Crippen molar-refractivity contribution in [2.45, 2.75) is 33.2 Å². The number of nitrogens with zero attached hydrogens (tertiary/aromatic N) is 1. The molecule has 0 aliphatic heterocycles. The number of hydrogen-bond donors (Lipinski definition) is 2. The van der Waals surface area contributed by atoms with Crippen molar-refractivity contribution < 1.29 is 14.7 Å². The van der Waals surface area contributed by atoms with Crippen LogP contribution in [0.1, 0.15) is 26.3 Å². The van der Waals surface area contributed by atoms with E-state index in [2.05, 4.69) is 5.32 Å². The summed E-state index contributed by atoms with van der Waals surface area (Å²) in [5, 5.41) is 12.3. The molecule has 1 rings (SSSR count). The van der Waals surface area contributed by atoms with Crippen molar-refractivity contribution in [1.82, 2.24) is 4.90 Å². The van der Waals surface area contributed by atoms with Crippen molar-refractivity contribution in [3.8, 4) is 0 Å². The lowest BCUT2D eigenvalue weighted by Gasteiger charge is -2.33. The fourth-order valence-corrected chi connectivity index (χ4v) is 1.97. The van der Waals surface area contributed by atoms with Gasteiger partial charge >= 0.3 is 5.97 Å². The second-order valence-corrected chi connectivity index (χ2v) is 6.29. The van der Waals surface area contributed by atoms with E-state index in [0.717, 1.165) is 5.56 Å². The van der Waals surface area contributed by atoms with Gasteiger partial charge in [-0.15, -0.1) is 0 Å². The topological polar surface area (TPSA) is 69.6 Å². The molecule has 116 valence electrons. The van der Waals surface area contributed by atoms with Gasteiger partial charge in [0.25, 0.3) is 0 Å². The van der Waals surface area contributed by atoms with E-state index in [1.54, 1.807) is 23.1 Å². The van der Waals surface area contributed by atoms with E-state index in [9.17, 15) is 9.59 Å². The highest BCUT2D eigenvalue weighted by Crippen LogP contribution is 2.23. The Morgan fingerprint density at radius 3 is 2.43 bits per heavy atom. The molecule has 21 heavy (non-hydrogen) atoms. The third-order valence-electron chi connectivity index (χ3n) is 3.15. The Hall–Kier alpha value is -1.59. The van der Waals surface area contributed by atoms with Gasteiger partial charge in [0, 0.05) is 16.2 Å². The van der Waals surface area contributed by atoms with Crippen molar-refractivity contribution in [2.24, 2.45) is 0 Å². The standard InChI is InChI=1S/C15H21ClN2O3/c1-10-11(16)6-5-7-12(10)17-13(19)8-18(9-14(20)21)15(2,3)4/h5-7H,8-9H2,1-4H3,(H,17,19)(H,20,21). The van der Waals surface area contributed by atoms with Crippen LogP contribution in [0.5, 0.6) is 0 Å². The van der Waals surface area contributed by atoms with Gasteiger partial charge < -0.3 is 10.4 Å². The second kappa shape index (κ2) is 6.91. The quantitative estimate of drug-likeness (QED) is 0.877. The van der Waals surface area contributed by atoms with Crippen LogP contribution < -0.4 is 5.32 Å². The Morgan fingerprint density at radius 2 is 1.90 bits per heavy atom. The molecule has 0 saturated heterocycles. The van der Waals surface area contributed by atoms with E-state index in [0.29, 0.717) is 10.7 Å². The minimum atomic E-state index is -0.961. The molecule has 0 aliphatic carbocycles. The maximum atomic E-state index is 12.1. The van der Waals surface area contributed by atoms with E-state index in [4.69, 9.17) is 16.7 Å². The summed E-state index contributed by atoms with van der Waals surface area (Å²) < 4.78 is 0. The van der Waals surface area contributed by atoms with E-state index < -0.39 is 11.5 Å². The monoisotopic (exact) mass is 312 g/mol. The van der Waals surface area contributed by atoms with Crippen LogP contribution in [0, 0.1) is 6.92 Å². The highest BCUT2D eigenvalue weighted by Gasteiger charge is 2.25. The zero-order valence-electron chi connectivity index (χ0n) is 12.7. The number of carboxylic acids is 1. The van der Waals surface area contributed by atoms with Crippen molar-refractivity contribution in [3.63, 3.8) is 0 Å². The Morgan fingerprint density at radius 1 is 1.29 bits per heavy atom. The highest BCUT2D eigenvalue weighted by molar-refractivity contribution is 6.31. The molecule has 5 nitrogen and oxygen atoms in total. The molecule has 6 heteroatoms. The van der Waals surface area contributed by atoms with E-state index >= 15 is 0 Å². The lowest BCUT2D eigenvalue weighted by molar-refractivity contribution is -0.140. The summed E-state index contributed by atoms with van der Waals surface area (Å²) in [7, 11) is 0. The zero-order chi connectivity index (χ0) is 16.2. The third kappa shape index (κ3) is 5.36. The maximum absolute atomic E-state index is 12.1. The van der Waals surface area contributed by atoms with E-state index in [-0.39, 0.29) is 19.0 Å². The first-order chi connectivity index (χ1) is 9.61. The molecule has 0 unspecified atom stereocenters. The first kappa shape index (κ1) is 17.5. The van der Waals surface area contributed by atoms with Gasteiger partial charge in [0.15, 0.2) is 0 Å². The number of halogens is 1. The van der Waals surface area contributed by atoms with Crippen LogP contribution in [0.2, 0.25) is 5.02 Å². The lowest BCUT2D eigenvalue weighted by Crippen LogP contribution is -2.48. The van der Waals surface area contributed by atoms with Gasteiger partial charge in [0.1, 0.15) is 0 Å². The number of aliphatic carboxylic acids is 1. The predicted octanol–water partition coefficient (Wildman–Crippen LogP) is 2.77. The molecular weight excluding hydrogens is 292 g/mol. The summed E-state index contributed by atoms with van der Waals surface area (Å²) in [4.78, 5) is 24.6. The summed E-state index contributed by atoms with van der Waals surface area (Å²) in [5.41, 5.74) is 1.00. The van der Waals surface area contributed by atoms with Gasteiger partial charge in [-0.05, 0) is 45.4 Å². The molecule has 0 aromatic heterocycles. The molecule has 0 saturated carbocycles. The largest absolute Gasteiger partial charge is 0.480 e. The fourth-order valence-electron chi connectivity index (χ4n) is 1.80. The number of benzene rings is 1. The molecule has 0 spiro atoms. The molecule has 2 N–H and O–H groups in total. The molecule has 0 heterocycles. The van der Waals surface area contributed by atoms with E-state index in [1.165, 1.54) is 0 Å². The Bertz CT molecular complexity index is 538. The summed E-state index contributed by atoms with van der Waals surface area (Å²) >= 11 is 6.01. The Kier molecular flexibility index (Phi) is 5.75. The fraction of sp³-hybridized carbons (Fsp3) is 0.467. The number of nitrogens with one attached hydrogen (secondary N) is 1. The lowest BCUT2D eigenvalue weighted by atomic mass is 10.1. The molecule has 0 bridgehead atoms. The molecule has 0 aliphatic rings. The first-order valence-corrected chi connectivity index (χ1v) is 7.01. The molecule has 1 aromatic carbocycles. The summed E-state index contributed by atoms with van der Waals surface area (Å²) in [6.45, 7) is 7.24. The van der Waals surface area contributed by atoms with Gasteiger partial charge in [0.2, 0.25) is 5.91 Å². The number of rotatable bonds is 5. The number of anilines is 1. The average molecular weight is 313 g/mol. The van der Waals surface area contributed by atoms with Gasteiger partial charge in [-0.1, -0.05) is 17.7 Å². The summed E-state index contributed by atoms with van der Waals surface area (Å²) in [6.07, 6.45) is 0. The van der Waals surface area contributed by atoms with E-state index in [1.807, 2.05) is 27.7 Å². The minimum absolute atomic E-state index is 0.00174. The maximum Gasteiger partial charge on any atom is 0.317 e. The summed E-state index contributed by atoms with van der Waals surface area (Å²) in [6, 6.07) is 5.26. The van der Waals surface area contributed by atoms with Crippen LogP contribution in [0.4, 0.5) is 5.69 Å². The number of carboxylic acid groups (broad SMARTS) is 1. The Balaban J connectivity index is 2.79. The van der Waals surface area contributed by atoms with Crippen LogP contribution in [-0.4, -0.2) is 40.5 Å². The molecule has 1 aromatic rings. The van der Waals surface area contributed by atoms with Crippen molar-refractivity contribution in [3.05, 3.63) is 28.8 Å². The number of hydrogen-bond acceptors (Lipinski definition) is 3. The number of amides is 1. The number of carbonyl (C=O) groups is 2. The zero-order valence-corrected chi connectivity index (χ0v) is 13.5. The normalized spacial score (nSPS) is 11.5. The van der Waals surface area contributed by atoms with Crippen molar-refractivity contribution >= 4 is 29.2 Å². The first-order valence-electron chi connectivity index (χ1n) is 6.63. The molecule has 0 fully saturated rings. The molecule has 1 amide bonds. The van der Waals surface area contributed by atoms with Crippen LogP contribution in [-0.2, 0) is 9.59 Å². The van der Waals surface area contributed by atoms with Crippen LogP contribution in [0.3, 0.4) is 0 Å². The smallest absolute Gasteiger partial charge is 0.317 e. The van der Waals surface area contributed by atoms with Crippen LogP contribution in [0.15, 0.2) is 18.2 Å². The predicted molar refractivity (Wildman–Crippen MR) is 83.8 cm³/mol. The van der Waals surface area contributed by atoms with Gasteiger partial charge in [-0.25, -0.2) is 0 Å². The molecule has 0 radical (unpaired) electrons. The average Bonchev–Trinajstić information content (AvgIpc) is 2.32. The van der Waals surface area contributed by atoms with Gasteiger partial charge in [0.05, 0.1) is 13.1 Å². The van der Waals surface area contributed by atoms with Crippen molar-refractivity contribution in [2.75, 3.05) is 18.4 Å². The Labute approximate surface area is 129 Å². The summed E-state index contributed by atoms with van der Waals surface area (Å²) in [5.74, 6) is -1.23. The van der Waals surface area contributed by atoms with Crippen LogP contribution in [0.25, 0.3) is 0 Å². The minimum Gasteiger partial charge on any atom is -0.480 e. The second-order valence-electron chi connectivity index (χ2n) is 5.88. The van der Waals surface area contributed by atoms with Gasteiger partial charge in [-0.2, -0.15) is 0 Å². The van der Waals surface area contributed by atoms with Crippen molar-refractivity contribution in [1.29, 1.82) is 0 Å². The SMILES string of the molecule is Cc1c(Cl)cccc1NC(=O)CN(CC(=O)O)C(C)(C)C. The van der Waals surface area contributed by atoms with Gasteiger partial charge in [-0.3, -0.25) is 14.5 Å².